The first-order chi connectivity index (χ1) is 14.7. The zero-order chi connectivity index (χ0) is 20.8. The summed E-state index contributed by atoms with van der Waals surface area (Å²) in [5, 5.41) is 8.44. The van der Waals surface area contributed by atoms with Crippen LogP contribution < -0.4 is 4.90 Å². The molecule has 150 valence electrons. The van der Waals surface area contributed by atoms with Crippen LogP contribution in [0.15, 0.2) is 88.8 Å². The van der Waals surface area contributed by atoms with Crippen LogP contribution in [0.5, 0.6) is 0 Å². The van der Waals surface area contributed by atoms with E-state index in [-0.39, 0.29) is 11.7 Å². The molecule has 0 saturated carbocycles. The van der Waals surface area contributed by atoms with Gasteiger partial charge in [0.25, 0.3) is 5.22 Å². The predicted octanol–water partition coefficient (Wildman–Crippen LogP) is 4.77. The number of pyridine rings is 1. The van der Waals surface area contributed by atoms with E-state index in [0.717, 1.165) is 22.4 Å². The van der Waals surface area contributed by atoms with Gasteiger partial charge >= 0.3 is 0 Å². The number of amides is 1. The van der Waals surface area contributed by atoms with Gasteiger partial charge in [0.1, 0.15) is 0 Å². The maximum Gasteiger partial charge on any atom is 0.277 e. The topological polar surface area (TPSA) is 72.1 Å². The van der Waals surface area contributed by atoms with E-state index in [1.807, 2.05) is 67.6 Å². The summed E-state index contributed by atoms with van der Waals surface area (Å²) in [6.07, 6.45) is 3.34. The van der Waals surface area contributed by atoms with Crippen molar-refractivity contribution in [2.45, 2.75) is 18.7 Å². The quantitative estimate of drug-likeness (QED) is 0.404. The minimum Gasteiger partial charge on any atom is -0.411 e. The number of nitrogens with zero attached hydrogens (tertiary/aromatic N) is 4. The zero-order valence-electron chi connectivity index (χ0n) is 16.4. The summed E-state index contributed by atoms with van der Waals surface area (Å²) >= 11 is 1.23. The summed E-state index contributed by atoms with van der Waals surface area (Å²) in [5.41, 5.74) is 3.78. The van der Waals surface area contributed by atoms with Crippen molar-refractivity contribution < 1.29 is 9.21 Å². The third-order valence-electron chi connectivity index (χ3n) is 4.43. The van der Waals surface area contributed by atoms with Crippen LogP contribution in [0, 0.1) is 6.92 Å². The van der Waals surface area contributed by atoms with Crippen LogP contribution in [0.3, 0.4) is 0 Å². The van der Waals surface area contributed by atoms with Crippen LogP contribution in [0.4, 0.5) is 5.69 Å². The Morgan fingerprint density at radius 1 is 1.03 bits per heavy atom. The SMILES string of the molecule is Cc1cccc(N(Cc2ccccc2)C(=O)CSc2nnc(-c3cccnc3)o2)c1. The molecule has 0 aliphatic heterocycles. The largest absolute Gasteiger partial charge is 0.411 e. The lowest BCUT2D eigenvalue weighted by atomic mass is 10.1. The molecular weight excluding hydrogens is 396 g/mol. The number of aromatic nitrogens is 3. The summed E-state index contributed by atoms with van der Waals surface area (Å²) in [6.45, 7) is 2.51. The Labute approximate surface area is 179 Å². The van der Waals surface area contributed by atoms with Gasteiger partial charge in [0, 0.05) is 18.1 Å². The fraction of sp³-hybridized carbons (Fsp3) is 0.130. The van der Waals surface area contributed by atoms with Crippen molar-refractivity contribution in [3.63, 3.8) is 0 Å². The molecule has 2 heterocycles. The van der Waals surface area contributed by atoms with Crippen LogP contribution in [-0.2, 0) is 11.3 Å². The number of aryl methyl sites for hydroxylation is 1. The van der Waals surface area contributed by atoms with E-state index in [1.54, 1.807) is 23.4 Å². The van der Waals surface area contributed by atoms with E-state index in [2.05, 4.69) is 15.2 Å². The Morgan fingerprint density at radius 2 is 1.90 bits per heavy atom. The average Bonchev–Trinajstić information content (AvgIpc) is 3.26. The van der Waals surface area contributed by atoms with Crippen LogP contribution in [0.2, 0.25) is 0 Å². The number of thioether (sulfide) groups is 1. The molecule has 0 radical (unpaired) electrons. The third kappa shape index (κ3) is 4.93. The molecule has 0 saturated heterocycles. The number of rotatable bonds is 7. The molecule has 6 nitrogen and oxygen atoms in total. The van der Waals surface area contributed by atoms with Crippen molar-refractivity contribution >= 4 is 23.4 Å². The van der Waals surface area contributed by atoms with Crippen LogP contribution >= 0.6 is 11.8 Å². The third-order valence-corrected chi connectivity index (χ3v) is 5.24. The molecule has 0 aliphatic rings. The Kier molecular flexibility index (Phi) is 6.20. The summed E-state index contributed by atoms with van der Waals surface area (Å²) in [4.78, 5) is 19.0. The highest BCUT2D eigenvalue weighted by molar-refractivity contribution is 7.99. The maximum atomic E-state index is 13.1. The van der Waals surface area contributed by atoms with Crippen molar-refractivity contribution in [3.8, 4) is 11.5 Å². The molecule has 4 aromatic rings. The number of hydrogen-bond acceptors (Lipinski definition) is 6. The lowest BCUT2D eigenvalue weighted by Gasteiger charge is -2.23. The van der Waals surface area contributed by atoms with E-state index in [1.165, 1.54) is 11.8 Å². The molecular formula is C23H20N4O2S. The van der Waals surface area contributed by atoms with Crippen LogP contribution in [0.25, 0.3) is 11.5 Å². The minimum atomic E-state index is -0.0319. The van der Waals surface area contributed by atoms with Gasteiger partial charge in [-0.3, -0.25) is 9.78 Å². The molecule has 1 amide bonds. The van der Waals surface area contributed by atoms with E-state index in [4.69, 9.17) is 4.42 Å². The molecule has 4 rings (SSSR count). The Bertz CT molecular complexity index is 1120. The zero-order valence-corrected chi connectivity index (χ0v) is 17.2. The van der Waals surface area contributed by atoms with Crippen LogP contribution in [0.1, 0.15) is 11.1 Å². The number of hydrogen-bond donors (Lipinski definition) is 0. The smallest absolute Gasteiger partial charge is 0.277 e. The Morgan fingerprint density at radius 3 is 2.67 bits per heavy atom. The average molecular weight is 417 g/mol. The molecule has 2 aromatic heterocycles. The molecule has 0 spiro atoms. The highest BCUT2D eigenvalue weighted by atomic mass is 32.2. The second-order valence-corrected chi connectivity index (χ2v) is 7.63. The van der Waals surface area contributed by atoms with Gasteiger partial charge < -0.3 is 9.32 Å². The standard InChI is InChI=1S/C23H20N4O2S/c1-17-7-5-11-20(13-17)27(15-18-8-3-2-4-9-18)21(28)16-30-23-26-25-22(29-23)19-10-6-12-24-14-19/h2-14H,15-16H2,1H3. The molecule has 30 heavy (non-hydrogen) atoms. The molecule has 0 unspecified atom stereocenters. The first-order valence-electron chi connectivity index (χ1n) is 9.47. The number of benzene rings is 2. The monoisotopic (exact) mass is 416 g/mol. The van der Waals surface area contributed by atoms with E-state index >= 15 is 0 Å². The van der Waals surface area contributed by atoms with Gasteiger partial charge in [0.05, 0.1) is 17.9 Å². The predicted molar refractivity (Wildman–Crippen MR) is 117 cm³/mol. The molecule has 0 fully saturated rings. The Hall–Kier alpha value is -3.45. The highest BCUT2D eigenvalue weighted by Gasteiger charge is 2.19. The first kappa shape index (κ1) is 19.8. The van der Waals surface area contributed by atoms with Gasteiger partial charge in [0.2, 0.25) is 11.8 Å². The van der Waals surface area contributed by atoms with Crippen molar-refractivity contribution in [3.05, 3.63) is 90.3 Å². The molecule has 0 atom stereocenters. The normalized spacial score (nSPS) is 10.7. The number of carbonyl (C=O) groups excluding carboxylic acids is 1. The fourth-order valence-corrected chi connectivity index (χ4v) is 3.60. The first-order valence-corrected chi connectivity index (χ1v) is 10.5. The van der Waals surface area contributed by atoms with Gasteiger partial charge in [-0.25, -0.2) is 0 Å². The molecule has 0 aliphatic carbocycles. The Balaban J connectivity index is 1.48. The molecule has 0 bridgehead atoms. The number of carbonyl (C=O) groups is 1. The van der Waals surface area contributed by atoms with Gasteiger partial charge in [-0.2, -0.15) is 0 Å². The second-order valence-electron chi connectivity index (χ2n) is 6.71. The van der Waals surface area contributed by atoms with Crippen molar-refractivity contribution in [2.24, 2.45) is 0 Å². The van der Waals surface area contributed by atoms with Crippen molar-refractivity contribution in [1.82, 2.24) is 15.2 Å². The molecule has 7 heteroatoms. The van der Waals surface area contributed by atoms with E-state index < -0.39 is 0 Å². The minimum absolute atomic E-state index is 0.0319. The van der Waals surface area contributed by atoms with E-state index in [0.29, 0.717) is 17.7 Å². The summed E-state index contributed by atoms with van der Waals surface area (Å²) < 4.78 is 5.67. The summed E-state index contributed by atoms with van der Waals surface area (Å²) in [5.74, 6) is 0.545. The maximum absolute atomic E-state index is 13.1. The van der Waals surface area contributed by atoms with Crippen molar-refractivity contribution in [1.29, 1.82) is 0 Å². The summed E-state index contributed by atoms with van der Waals surface area (Å²) in [7, 11) is 0. The highest BCUT2D eigenvalue weighted by Crippen LogP contribution is 2.25. The van der Waals surface area contributed by atoms with Crippen molar-refractivity contribution in [2.75, 3.05) is 10.7 Å². The van der Waals surface area contributed by atoms with Gasteiger partial charge in [-0.1, -0.05) is 54.2 Å². The van der Waals surface area contributed by atoms with Crippen LogP contribution in [-0.4, -0.2) is 26.8 Å². The number of anilines is 1. The lowest BCUT2D eigenvalue weighted by Crippen LogP contribution is -2.32. The van der Waals surface area contributed by atoms with Gasteiger partial charge in [0.15, 0.2) is 0 Å². The second kappa shape index (κ2) is 9.37. The lowest BCUT2D eigenvalue weighted by molar-refractivity contribution is -0.116. The van der Waals surface area contributed by atoms with Gasteiger partial charge in [-0.15, -0.1) is 10.2 Å². The molecule has 2 aromatic carbocycles. The van der Waals surface area contributed by atoms with Gasteiger partial charge in [-0.05, 0) is 42.3 Å². The summed E-state index contributed by atoms with van der Waals surface area (Å²) in [6, 6.07) is 21.5. The van der Waals surface area contributed by atoms with E-state index in [9.17, 15) is 4.79 Å². The molecule has 0 N–H and O–H groups in total. The fourth-order valence-electron chi connectivity index (χ4n) is 2.96.